The van der Waals surface area contributed by atoms with E-state index >= 15 is 0 Å². The molecular weight excluding hydrogens is 390 g/mol. The number of nitro groups is 1. The number of nitrogens with zero attached hydrogens (tertiary/aromatic N) is 3. The normalized spacial score (nSPS) is 11.1. The number of ether oxygens (including phenoxy) is 2. The van der Waals surface area contributed by atoms with E-state index < -0.39 is 10.8 Å². The molecule has 0 aliphatic heterocycles. The Morgan fingerprint density at radius 2 is 1.80 bits per heavy atom. The Labute approximate surface area is 171 Å². The molecule has 3 aromatic rings. The van der Waals surface area contributed by atoms with Crippen molar-refractivity contribution in [1.82, 2.24) is 15.6 Å². The van der Waals surface area contributed by atoms with Crippen molar-refractivity contribution in [1.29, 1.82) is 0 Å². The maximum absolute atomic E-state index is 12.4. The average molecular weight is 409 g/mol. The number of benzene rings is 2. The van der Waals surface area contributed by atoms with Crippen LogP contribution in [0.3, 0.4) is 0 Å². The van der Waals surface area contributed by atoms with Crippen LogP contribution < -0.4 is 14.9 Å². The lowest BCUT2D eigenvalue weighted by Gasteiger charge is -2.08. The number of carbonyl (C=O) groups is 1. The van der Waals surface area contributed by atoms with Crippen LogP contribution in [-0.2, 0) is 0 Å². The molecule has 1 aromatic heterocycles. The summed E-state index contributed by atoms with van der Waals surface area (Å²) < 4.78 is 10.5. The summed E-state index contributed by atoms with van der Waals surface area (Å²) >= 11 is 0. The number of methoxy groups -OCH3 is 2. The van der Waals surface area contributed by atoms with Crippen molar-refractivity contribution in [2.24, 2.45) is 5.10 Å². The fourth-order valence-electron chi connectivity index (χ4n) is 2.67. The van der Waals surface area contributed by atoms with Crippen LogP contribution in [0.15, 0.2) is 53.6 Å². The van der Waals surface area contributed by atoms with Crippen molar-refractivity contribution in [3.05, 3.63) is 69.9 Å². The molecule has 2 N–H and O–H groups in total. The largest absolute Gasteiger partial charge is 0.493 e. The first kappa shape index (κ1) is 20.5. The summed E-state index contributed by atoms with van der Waals surface area (Å²) in [5, 5.41) is 21.6. The zero-order valence-electron chi connectivity index (χ0n) is 16.5. The SMILES string of the molecule is COc1ccc(-c2cc(C(=O)NN=C(C)c3ccc([N+](=O)[O-])cc3)[nH]n2)cc1OC. The first-order valence-electron chi connectivity index (χ1n) is 8.80. The van der Waals surface area contributed by atoms with Crippen molar-refractivity contribution in [3.63, 3.8) is 0 Å². The minimum absolute atomic E-state index is 0.0178. The number of nitro benzene ring substituents is 1. The van der Waals surface area contributed by atoms with E-state index in [9.17, 15) is 14.9 Å². The van der Waals surface area contributed by atoms with Crippen molar-refractivity contribution in [2.75, 3.05) is 14.2 Å². The van der Waals surface area contributed by atoms with Gasteiger partial charge in [0.25, 0.3) is 11.6 Å². The smallest absolute Gasteiger partial charge is 0.289 e. The van der Waals surface area contributed by atoms with Crippen molar-refractivity contribution >= 4 is 17.3 Å². The number of aromatic nitrogens is 2. The summed E-state index contributed by atoms with van der Waals surface area (Å²) in [4.78, 5) is 22.6. The highest BCUT2D eigenvalue weighted by Crippen LogP contribution is 2.31. The molecule has 0 saturated heterocycles. The molecule has 0 unspecified atom stereocenters. The maximum Gasteiger partial charge on any atom is 0.289 e. The summed E-state index contributed by atoms with van der Waals surface area (Å²) in [5.74, 6) is 0.661. The molecule has 0 saturated carbocycles. The van der Waals surface area contributed by atoms with E-state index in [2.05, 4.69) is 20.7 Å². The van der Waals surface area contributed by atoms with Crippen LogP contribution in [-0.4, -0.2) is 41.0 Å². The van der Waals surface area contributed by atoms with Gasteiger partial charge in [0.1, 0.15) is 5.69 Å². The van der Waals surface area contributed by atoms with Gasteiger partial charge in [-0.05, 0) is 48.9 Å². The average Bonchev–Trinajstić information content (AvgIpc) is 3.27. The Hall–Kier alpha value is -4.21. The highest BCUT2D eigenvalue weighted by Gasteiger charge is 2.13. The Morgan fingerprint density at radius 1 is 1.10 bits per heavy atom. The highest BCUT2D eigenvalue weighted by molar-refractivity contribution is 6.00. The first-order chi connectivity index (χ1) is 14.4. The Balaban J connectivity index is 1.72. The fourth-order valence-corrected chi connectivity index (χ4v) is 2.67. The molecule has 3 rings (SSSR count). The quantitative estimate of drug-likeness (QED) is 0.350. The second kappa shape index (κ2) is 8.86. The van der Waals surface area contributed by atoms with E-state index in [0.29, 0.717) is 28.5 Å². The van der Waals surface area contributed by atoms with Gasteiger partial charge in [-0.3, -0.25) is 20.0 Å². The van der Waals surface area contributed by atoms with Gasteiger partial charge < -0.3 is 9.47 Å². The lowest BCUT2D eigenvalue weighted by Crippen LogP contribution is -2.19. The number of nitrogens with one attached hydrogen (secondary N) is 2. The van der Waals surface area contributed by atoms with E-state index in [1.54, 1.807) is 50.4 Å². The molecule has 1 heterocycles. The molecule has 10 nitrogen and oxygen atoms in total. The van der Waals surface area contributed by atoms with Crippen molar-refractivity contribution in [3.8, 4) is 22.8 Å². The van der Waals surface area contributed by atoms with Gasteiger partial charge in [-0.15, -0.1) is 0 Å². The zero-order chi connectivity index (χ0) is 21.7. The van der Waals surface area contributed by atoms with Gasteiger partial charge in [0.2, 0.25) is 0 Å². The lowest BCUT2D eigenvalue weighted by atomic mass is 10.1. The summed E-state index contributed by atoms with van der Waals surface area (Å²) in [7, 11) is 3.09. The van der Waals surface area contributed by atoms with Gasteiger partial charge >= 0.3 is 0 Å². The molecule has 30 heavy (non-hydrogen) atoms. The topological polar surface area (TPSA) is 132 Å². The Bertz CT molecular complexity index is 1110. The number of non-ortho nitro benzene ring substituents is 1. The molecule has 0 radical (unpaired) electrons. The summed E-state index contributed by atoms with van der Waals surface area (Å²) in [6.07, 6.45) is 0. The van der Waals surface area contributed by atoms with Gasteiger partial charge in [-0.2, -0.15) is 10.2 Å². The van der Waals surface area contributed by atoms with Gasteiger partial charge in [-0.1, -0.05) is 0 Å². The predicted molar refractivity (Wildman–Crippen MR) is 110 cm³/mol. The number of hydrazone groups is 1. The van der Waals surface area contributed by atoms with E-state index in [1.165, 1.54) is 19.2 Å². The summed E-state index contributed by atoms with van der Waals surface area (Å²) in [5.41, 5.74) is 5.09. The van der Waals surface area contributed by atoms with Gasteiger partial charge in [0.15, 0.2) is 11.5 Å². The molecule has 10 heteroatoms. The predicted octanol–water partition coefficient (Wildman–Crippen LogP) is 3.16. The van der Waals surface area contributed by atoms with Crippen LogP contribution in [0.2, 0.25) is 0 Å². The van der Waals surface area contributed by atoms with Crippen LogP contribution in [0.4, 0.5) is 5.69 Å². The van der Waals surface area contributed by atoms with Crippen LogP contribution in [0.25, 0.3) is 11.3 Å². The highest BCUT2D eigenvalue weighted by atomic mass is 16.6. The van der Waals surface area contributed by atoms with Gasteiger partial charge in [-0.25, -0.2) is 5.43 Å². The standard InChI is InChI=1S/C20H19N5O5/c1-12(13-4-7-15(8-5-13)25(27)28)21-24-20(26)17-11-16(22-23-17)14-6-9-18(29-2)19(10-14)30-3/h4-11H,1-3H3,(H,22,23)(H,24,26). The minimum atomic E-state index is -0.480. The number of hydrogen-bond donors (Lipinski definition) is 2. The number of carbonyl (C=O) groups excluding carboxylic acids is 1. The molecule has 1 amide bonds. The maximum atomic E-state index is 12.4. The monoisotopic (exact) mass is 409 g/mol. The third-order valence-electron chi connectivity index (χ3n) is 4.32. The Kier molecular flexibility index (Phi) is 6.06. The van der Waals surface area contributed by atoms with E-state index in [-0.39, 0.29) is 11.4 Å². The molecule has 0 atom stereocenters. The molecule has 2 aromatic carbocycles. The molecule has 154 valence electrons. The number of H-pyrrole nitrogens is 1. The molecular formula is C20H19N5O5. The van der Waals surface area contributed by atoms with E-state index in [1.807, 2.05) is 0 Å². The third-order valence-corrected chi connectivity index (χ3v) is 4.32. The number of aromatic amines is 1. The summed E-state index contributed by atoms with van der Waals surface area (Å²) in [6, 6.07) is 12.8. The minimum Gasteiger partial charge on any atom is -0.493 e. The molecule has 0 aliphatic carbocycles. The van der Waals surface area contributed by atoms with Crippen LogP contribution >= 0.6 is 0 Å². The van der Waals surface area contributed by atoms with Crippen molar-refractivity contribution in [2.45, 2.75) is 6.92 Å². The number of amides is 1. The Morgan fingerprint density at radius 3 is 2.43 bits per heavy atom. The van der Waals surface area contributed by atoms with Crippen LogP contribution in [0.1, 0.15) is 23.0 Å². The van der Waals surface area contributed by atoms with E-state index in [0.717, 1.165) is 5.56 Å². The molecule has 0 aliphatic rings. The number of rotatable bonds is 7. The third kappa shape index (κ3) is 4.43. The van der Waals surface area contributed by atoms with Gasteiger partial charge in [0, 0.05) is 17.7 Å². The first-order valence-corrected chi connectivity index (χ1v) is 8.80. The molecule has 0 spiro atoms. The lowest BCUT2D eigenvalue weighted by molar-refractivity contribution is -0.384. The van der Waals surface area contributed by atoms with E-state index in [4.69, 9.17) is 9.47 Å². The fraction of sp³-hybridized carbons (Fsp3) is 0.150. The molecule has 0 fully saturated rings. The second-order valence-corrected chi connectivity index (χ2v) is 6.18. The van der Waals surface area contributed by atoms with Crippen LogP contribution in [0, 0.1) is 10.1 Å². The second-order valence-electron chi connectivity index (χ2n) is 6.18. The summed E-state index contributed by atoms with van der Waals surface area (Å²) in [6.45, 7) is 1.68. The van der Waals surface area contributed by atoms with Gasteiger partial charge in [0.05, 0.1) is 30.5 Å². The number of hydrogen-bond acceptors (Lipinski definition) is 7. The van der Waals surface area contributed by atoms with Crippen LogP contribution in [0.5, 0.6) is 11.5 Å². The van der Waals surface area contributed by atoms with Crippen molar-refractivity contribution < 1.29 is 19.2 Å². The zero-order valence-corrected chi connectivity index (χ0v) is 16.5. The molecule has 0 bridgehead atoms.